The van der Waals surface area contributed by atoms with Gasteiger partial charge in [0.1, 0.15) is 6.10 Å². The molecule has 132 valence electrons. The Labute approximate surface area is 141 Å². The molecule has 1 heterocycles. The van der Waals surface area contributed by atoms with Crippen molar-refractivity contribution in [3.8, 4) is 0 Å². The van der Waals surface area contributed by atoms with E-state index in [9.17, 15) is 19.8 Å². The van der Waals surface area contributed by atoms with Gasteiger partial charge in [0.2, 0.25) is 5.91 Å². The van der Waals surface area contributed by atoms with Crippen LogP contribution in [-0.2, 0) is 14.3 Å². The molecule has 1 amide bonds. The van der Waals surface area contributed by atoms with Crippen LogP contribution >= 0.6 is 0 Å². The highest BCUT2D eigenvalue weighted by Gasteiger charge is 2.31. The van der Waals surface area contributed by atoms with Crippen molar-refractivity contribution >= 4 is 11.9 Å². The second-order valence-electron chi connectivity index (χ2n) is 6.50. The molecule has 1 aliphatic heterocycles. The Morgan fingerprint density at radius 2 is 1.67 bits per heavy atom. The van der Waals surface area contributed by atoms with Gasteiger partial charge in [-0.2, -0.15) is 0 Å². The number of rotatable bonds is 6. The molecule has 1 aromatic carbocycles. The Balaban J connectivity index is 2.07. The molecule has 0 saturated carbocycles. The number of carbonyl (C=O) groups is 2. The second-order valence-corrected chi connectivity index (χ2v) is 6.50. The monoisotopic (exact) mass is 335 g/mol. The highest BCUT2D eigenvalue weighted by atomic mass is 16.5. The lowest BCUT2D eigenvalue weighted by Crippen LogP contribution is -2.44. The van der Waals surface area contributed by atoms with Crippen molar-refractivity contribution in [2.45, 2.75) is 44.8 Å². The zero-order chi connectivity index (χ0) is 17.7. The molecule has 6 nitrogen and oxygen atoms in total. The maximum atomic E-state index is 12.2. The molecule has 1 aromatic rings. The SMILES string of the molecule is CC(C)c1ccc(C(NC(=O)[C@H](O)C2CCOCC2)C(=O)O)cc1. The predicted molar refractivity (Wildman–Crippen MR) is 88.6 cm³/mol. The lowest BCUT2D eigenvalue weighted by molar-refractivity contribution is -0.145. The highest BCUT2D eigenvalue weighted by molar-refractivity contribution is 5.87. The number of carbonyl (C=O) groups excluding carboxylic acids is 1. The van der Waals surface area contributed by atoms with Crippen molar-refractivity contribution in [1.82, 2.24) is 5.32 Å². The van der Waals surface area contributed by atoms with Crippen molar-refractivity contribution in [2.24, 2.45) is 5.92 Å². The number of benzene rings is 1. The minimum Gasteiger partial charge on any atom is -0.479 e. The first-order valence-electron chi connectivity index (χ1n) is 8.29. The quantitative estimate of drug-likeness (QED) is 0.737. The number of carboxylic acid groups (broad SMARTS) is 1. The van der Waals surface area contributed by atoms with E-state index in [4.69, 9.17) is 4.74 Å². The molecule has 3 N–H and O–H groups in total. The van der Waals surface area contributed by atoms with E-state index < -0.39 is 24.0 Å². The summed E-state index contributed by atoms with van der Waals surface area (Å²) in [5, 5.41) is 22.1. The van der Waals surface area contributed by atoms with Gasteiger partial charge in [-0.3, -0.25) is 4.79 Å². The van der Waals surface area contributed by atoms with E-state index in [1.165, 1.54) is 0 Å². The van der Waals surface area contributed by atoms with Crippen LogP contribution in [0.3, 0.4) is 0 Å². The third-order valence-electron chi connectivity index (χ3n) is 4.45. The Hall–Kier alpha value is -1.92. The first-order valence-corrected chi connectivity index (χ1v) is 8.29. The molecule has 6 heteroatoms. The van der Waals surface area contributed by atoms with Crippen LogP contribution in [0.5, 0.6) is 0 Å². The van der Waals surface area contributed by atoms with Crippen molar-refractivity contribution in [3.63, 3.8) is 0 Å². The van der Waals surface area contributed by atoms with E-state index in [0.29, 0.717) is 37.5 Å². The van der Waals surface area contributed by atoms with E-state index in [-0.39, 0.29) is 5.92 Å². The van der Waals surface area contributed by atoms with Crippen LogP contribution in [0.15, 0.2) is 24.3 Å². The van der Waals surface area contributed by atoms with Crippen LogP contribution in [0, 0.1) is 5.92 Å². The van der Waals surface area contributed by atoms with E-state index in [0.717, 1.165) is 5.56 Å². The average molecular weight is 335 g/mol. The van der Waals surface area contributed by atoms with Crippen molar-refractivity contribution in [2.75, 3.05) is 13.2 Å². The van der Waals surface area contributed by atoms with Crippen LogP contribution in [0.2, 0.25) is 0 Å². The van der Waals surface area contributed by atoms with Gasteiger partial charge in [0.15, 0.2) is 6.04 Å². The summed E-state index contributed by atoms with van der Waals surface area (Å²) in [5.41, 5.74) is 1.58. The second kappa shape index (κ2) is 8.26. The molecule has 0 aromatic heterocycles. The summed E-state index contributed by atoms with van der Waals surface area (Å²) in [4.78, 5) is 23.8. The topological polar surface area (TPSA) is 95.9 Å². The molecular weight excluding hydrogens is 310 g/mol. The molecule has 24 heavy (non-hydrogen) atoms. The molecule has 0 radical (unpaired) electrons. The Morgan fingerprint density at radius 3 is 2.17 bits per heavy atom. The summed E-state index contributed by atoms with van der Waals surface area (Å²) >= 11 is 0. The third-order valence-corrected chi connectivity index (χ3v) is 4.45. The van der Waals surface area contributed by atoms with Gasteiger partial charge < -0.3 is 20.3 Å². The first-order chi connectivity index (χ1) is 11.4. The Morgan fingerprint density at radius 1 is 1.12 bits per heavy atom. The van der Waals surface area contributed by atoms with Crippen LogP contribution in [0.1, 0.15) is 49.8 Å². The number of aliphatic hydroxyl groups excluding tert-OH is 1. The largest absolute Gasteiger partial charge is 0.479 e. The minimum absolute atomic E-state index is 0.198. The van der Waals surface area contributed by atoms with Crippen LogP contribution in [0.25, 0.3) is 0 Å². The van der Waals surface area contributed by atoms with Gasteiger partial charge in [0.05, 0.1) is 0 Å². The third kappa shape index (κ3) is 4.55. The van der Waals surface area contributed by atoms with E-state index in [1.54, 1.807) is 12.1 Å². The number of aliphatic carboxylic acids is 1. The van der Waals surface area contributed by atoms with Gasteiger partial charge in [-0.25, -0.2) is 4.79 Å². The molecule has 1 saturated heterocycles. The maximum Gasteiger partial charge on any atom is 0.330 e. The molecule has 0 spiro atoms. The first kappa shape index (κ1) is 18.4. The Kier molecular flexibility index (Phi) is 6.34. The van der Waals surface area contributed by atoms with Crippen molar-refractivity contribution < 1.29 is 24.5 Å². The van der Waals surface area contributed by atoms with Gasteiger partial charge >= 0.3 is 5.97 Å². The number of amides is 1. The fraction of sp³-hybridized carbons (Fsp3) is 0.556. The minimum atomic E-state index is -1.22. The fourth-order valence-corrected chi connectivity index (χ4v) is 2.83. The van der Waals surface area contributed by atoms with Gasteiger partial charge in [0, 0.05) is 13.2 Å². The summed E-state index contributed by atoms with van der Waals surface area (Å²) in [6.45, 7) is 5.12. The predicted octanol–water partition coefficient (Wildman–Crippen LogP) is 1.84. The summed E-state index contributed by atoms with van der Waals surface area (Å²) in [5.74, 6) is -1.66. The molecule has 0 bridgehead atoms. The summed E-state index contributed by atoms with van der Waals surface area (Å²) < 4.78 is 5.21. The molecule has 1 aliphatic rings. The van der Waals surface area contributed by atoms with Crippen LogP contribution < -0.4 is 5.32 Å². The van der Waals surface area contributed by atoms with E-state index >= 15 is 0 Å². The molecule has 1 unspecified atom stereocenters. The normalized spacial score (nSPS) is 18.2. The number of ether oxygens (including phenoxy) is 1. The van der Waals surface area contributed by atoms with E-state index in [1.807, 2.05) is 12.1 Å². The standard InChI is InChI=1S/C18H25NO5/c1-11(2)12-3-5-13(6-4-12)15(18(22)23)19-17(21)16(20)14-7-9-24-10-8-14/h3-6,11,14-16,20H,7-10H2,1-2H3,(H,19,21)(H,22,23)/t15?,16-/m1/s1. The number of hydrogen-bond donors (Lipinski definition) is 3. The van der Waals surface area contributed by atoms with Gasteiger partial charge in [-0.05, 0) is 35.8 Å². The van der Waals surface area contributed by atoms with Crippen LogP contribution in [0.4, 0.5) is 0 Å². The van der Waals surface area contributed by atoms with Crippen LogP contribution in [-0.4, -0.2) is 41.4 Å². The van der Waals surface area contributed by atoms with E-state index in [2.05, 4.69) is 19.2 Å². The lowest BCUT2D eigenvalue weighted by atomic mass is 9.93. The molecule has 1 fully saturated rings. The van der Waals surface area contributed by atoms with Crippen molar-refractivity contribution in [1.29, 1.82) is 0 Å². The maximum absolute atomic E-state index is 12.2. The fourth-order valence-electron chi connectivity index (χ4n) is 2.83. The van der Waals surface area contributed by atoms with Crippen molar-refractivity contribution in [3.05, 3.63) is 35.4 Å². The van der Waals surface area contributed by atoms with Gasteiger partial charge in [-0.15, -0.1) is 0 Å². The highest BCUT2D eigenvalue weighted by Crippen LogP contribution is 2.22. The smallest absolute Gasteiger partial charge is 0.330 e. The molecular formula is C18H25NO5. The number of aliphatic hydroxyl groups is 1. The zero-order valence-corrected chi connectivity index (χ0v) is 14.1. The van der Waals surface area contributed by atoms with Gasteiger partial charge in [0.25, 0.3) is 0 Å². The summed E-state index contributed by atoms with van der Waals surface area (Å²) in [7, 11) is 0. The van der Waals surface area contributed by atoms with Gasteiger partial charge in [-0.1, -0.05) is 38.1 Å². The number of nitrogens with one attached hydrogen (secondary N) is 1. The zero-order valence-electron chi connectivity index (χ0n) is 14.1. The Bertz CT molecular complexity index is 563. The average Bonchev–Trinajstić information content (AvgIpc) is 2.59. The lowest BCUT2D eigenvalue weighted by Gasteiger charge is -2.27. The molecule has 0 aliphatic carbocycles. The number of carboxylic acids is 1. The summed E-state index contributed by atoms with van der Waals surface area (Å²) in [6.07, 6.45) is -0.0316. The summed E-state index contributed by atoms with van der Waals surface area (Å²) in [6, 6.07) is 5.95. The molecule has 2 rings (SSSR count). The molecule has 2 atom stereocenters. The number of hydrogen-bond acceptors (Lipinski definition) is 4.